The monoisotopic (exact) mass is 521 g/mol. The van der Waals surface area contributed by atoms with Crippen molar-refractivity contribution in [1.29, 1.82) is 0 Å². The van der Waals surface area contributed by atoms with Crippen molar-refractivity contribution in [1.82, 2.24) is 5.32 Å². The molecule has 1 saturated heterocycles. The topological polar surface area (TPSA) is 126 Å². The molecule has 0 bridgehead atoms. The number of ether oxygens (including phenoxy) is 5. The first-order valence-corrected chi connectivity index (χ1v) is 12.8. The number of benzene rings is 1. The van der Waals surface area contributed by atoms with Crippen LogP contribution in [0.15, 0.2) is 24.3 Å². The van der Waals surface area contributed by atoms with Crippen LogP contribution < -0.4 is 5.32 Å². The van der Waals surface area contributed by atoms with E-state index < -0.39 is 35.1 Å². The smallest absolute Gasteiger partial charge is 0.366 e. The van der Waals surface area contributed by atoms with Crippen LogP contribution in [0, 0.1) is 12.8 Å². The maximum atomic E-state index is 13.1. The predicted octanol–water partition coefficient (Wildman–Crippen LogP) is 3.09. The highest BCUT2D eigenvalue weighted by molar-refractivity contribution is 6.10. The van der Waals surface area contributed by atoms with Gasteiger partial charge in [0.1, 0.15) is 0 Å². The van der Waals surface area contributed by atoms with Crippen LogP contribution in [0.5, 0.6) is 0 Å². The summed E-state index contributed by atoms with van der Waals surface area (Å²) in [6.45, 7) is 9.31. The molecule has 206 valence electrons. The van der Waals surface area contributed by atoms with E-state index in [4.69, 9.17) is 23.7 Å². The lowest BCUT2D eigenvalue weighted by Gasteiger charge is -2.35. The van der Waals surface area contributed by atoms with E-state index in [1.54, 1.807) is 45.0 Å². The molecule has 10 nitrogen and oxygen atoms in total. The van der Waals surface area contributed by atoms with Crippen molar-refractivity contribution in [2.24, 2.45) is 5.92 Å². The minimum Gasteiger partial charge on any atom is -0.464 e. The van der Waals surface area contributed by atoms with Crippen molar-refractivity contribution in [2.75, 3.05) is 33.0 Å². The molecule has 0 spiro atoms. The first-order valence-electron chi connectivity index (χ1n) is 12.8. The quantitative estimate of drug-likeness (QED) is 0.180. The van der Waals surface area contributed by atoms with Crippen LogP contribution in [0.3, 0.4) is 0 Å². The number of esters is 3. The highest BCUT2D eigenvalue weighted by Crippen LogP contribution is 2.27. The second-order valence-corrected chi connectivity index (χ2v) is 9.07. The molecule has 1 N–H and O–H groups in total. The molecule has 0 aromatic heterocycles. The predicted molar refractivity (Wildman–Crippen MR) is 134 cm³/mol. The second-order valence-electron chi connectivity index (χ2n) is 9.07. The Hall–Kier alpha value is -2.98. The molecule has 1 aliphatic rings. The van der Waals surface area contributed by atoms with Gasteiger partial charge in [0.25, 0.3) is 11.7 Å². The lowest BCUT2D eigenvalue weighted by atomic mass is 9.90. The van der Waals surface area contributed by atoms with Crippen LogP contribution in [-0.2, 0) is 38.1 Å². The first kappa shape index (κ1) is 30.2. The molecule has 1 amide bonds. The largest absolute Gasteiger partial charge is 0.464 e. The van der Waals surface area contributed by atoms with Crippen LogP contribution in [0.2, 0.25) is 0 Å². The van der Waals surface area contributed by atoms with E-state index in [2.05, 4.69) is 5.32 Å². The molecular formula is C27H39NO9. The number of aryl methyl sites for hydroxylation is 1. The molecule has 1 fully saturated rings. The zero-order valence-corrected chi connectivity index (χ0v) is 22.4. The summed E-state index contributed by atoms with van der Waals surface area (Å²) in [4.78, 5) is 51.2. The Bertz CT molecular complexity index is 902. The standard InChI is InChI=1S/C27H39NO9/c1-6-33-23(30)26(5)36-17-20(18-37-26)11-9-10-16-27(24(31)34-7-2,25(32)35-8-3)28-22(29)21-14-12-19(4)13-15-21/h12-15,20H,6-11,16-18H2,1-5H3,(H,28,29). The van der Waals surface area contributed by atoms with Crippen molar-refractivity contribution in [2.45, 2.75) is 71.6 Å². The van der Waals surface area contributed by atoms with Gasteiger partial charge in [-0.1, -0.05) is 24.1 Å². The third-order valence-electron chi connectivity index (χ3n) is 6.14. The molecule has 1 heterocycles. The van der Waals surface area contributed by atoms with E-state index in [1.807, 2.05) is 6.92 Å². The molecule has 1 aromatic rings. The molecule has 0 unspecified atom stereocenters. The van der Waals surface area contributed by atoms with Gasteiger partial charge in [-0.3, -0.25) is 4.79 Å². The number of hydrogen-bond acceptors (Lipinski definition) is 9. The van der Waals surface area contributed by atoms with Gasteiger partial charge in [-0.25, -0.2) is 14.4 Å². The normalized spacial score (nSPS) is 19.5. The van der Waals surface area contributed by atoms with Crippen molar-refractivity contribution in [3.63, 3.8) is 0 Å². The van der Waals surface area contributed by atoms with Crippen LogP contribution in [-0.4, -0.2) is 68.2 Å². The van der Waals surface area contributed by atoms with Gasteiger partial charge in [0.2, 0.25) is 5.54 Å². The summed E-state index contributed by atoms with van der Waals surface area (Å²) in [5.74, 6) is -4.26. The van der Waals surface area contributed by atoms with Gasteiger partial charge in [0.05, 0.1) is 33.0 Å². The lowest BCUT2D eigenvalue weighted by Crippen LogP contribution is -2.61. The number of carbonyl (C=O) groups excluding carboxylic acids is 4. The minimum absolute atomic E-state index is 0.00273. The van der Waals surface area contributed by atoms with Crippen LogP contribution in [0.4, 0.5) is 0 Å². The van der Waals surface area contributed by atoms with Crippen LogP contribution >= 0.6 is 0 Å². The molecule has 0 saturated carbocycles. The molecule has 37 heavy (non-hydrogen) atoms. The van der Waals surface area contributed by atoms with Gasteiger partial charge in [0, 0.05) is 18.4 Å². The van der Waals surface area contributed by atoms with E-state index in [1.165, 1.54) is 6.92 Å². The zero-order chi connectivity index (χ0) is 27.5. The zero-order valence-electron chi connectivity index (χ0n) is 22.4. The van der Waals surface area contributed by atoms with Crippen molar-refractivity contribution in [3.8, 4) is 0 Å². The maximum Gasteiger partial charge on any atom is 0.366 e. The maximum absolute atomic E-state index is 13.1. The molecule has 1 aliphatic heterocycles. The number of hydrogen-bond donors (Lipinski definition) is 1. The van der Waals surface area contributed by atoms with Crippen LogP contribution in [0.1, 0.15) is 69.3 Å². The van der Waals surface area contributed by atoms with Crippen molar-refractivity contribution >= 4 is 23.8 Å². The van der Waals surface area contributed by atoms with Crippen molar-refractivity contribution < 1.29 is 42.9 Å². The van der Waals surface area contributed by atoms with Gasteiger partial charge in [-0.05, 0) is 59.1 Å². The molecule has 1 aromatic carbocycles. The third kappa shape index (κ3) is 8.00. The molecule has 0 atom stereocenters. The number of carbonyl (C=O) groups is 4. The summed E-state index contributed by atoms with van der Waals surface area (Å²) in [6.07, 6.45) is 1.68. The minimum atomic E-state index is -1.98. The molecule has 0 radical (unpaired) electrons. The van der Waals surface area contributed by atoms with Gasteiger partial charge >= 0.3 is 17.9 Å². The lowest BCUT2D eigenvalue weighted by molar-refractivity contribution is -0.274. The van der Waals surface area contributed by atoms with Crippen molar-refractivity contribution in [3.05, 3.63) is 35.4 Å². The molecule has 2 rings (SSSR count). The second kappa shape index (κ2) is 14.1. The van der Waals surface area contributed by atoms with Gasteiger partial charge < -0.3 is 29.0 Å². The summed E-state index contributed by atoms with van der Waals surface area (Å²) in [5, 5.41) is 2.62. The highest BCUT2D eigenvalue weighted by Gasteiger charge is 2.50. The SMILES string of the molecule is CCOC(=O)C1(C)OCC(CCCCC(NC(=O)c2ccc(C)cc2)(C(=O)OCC)C(=O)OCC)CO1. The summed E-state index contributed by atoms with van der Waals surface area (Å²) < 4.78 is 26.7. The van der Waals surface area contributed by atoms with E-state index >= 15 is 0 Å². The first-order chi connectivity index (χ1) is 17.6. The highest BCUT2D eigenvalue weighted by atomic mass is 16.7. The van der Waals surface area contributed by atoms with Gasteiger partial charge in [-0.2, -0.15) is 0 Å². The van der Waals surface area contributed by atoms with E-state index in [-0.39, 0.29) is 32.2 Å². The third-order valence-corrected chi connectivity index (χ3v) is 6.14. The van der Waals surface area contributed by atoms with Gasteiger partial charge in [-0.15, -0.1) is 0 Å². The Labute approximate surface area is 218 Å². The van der Waals surface area contributed by atoms with E-state index in [0.29, 0.717) is 38.0 Å². The summed E-state index contributed by atoms with van der Waals surface area (Å²) in [7, 11) is 0. The van der Waals surface area contributed by atoms with Crippen LogP contribution in [0.25, 0.3) is 0 Å². The number of nitrogens with one attached hydrogen (secondary N) is 1. The molecule has 0 aliphatic carbocycles. The molecule has 10 heteroatoms. The number of amides is 1. The summed E-state index contributed by atoms with van der Waals surface area (Å²) >= 11 is 0. The Morgan fingerprint density at radius 3 is 1.97 bits per heavy atom. The average molecular weight is 522 g/mol. The van der Waals surface area contributed by atoms with E-state index in [9.17, 15) is 19.2 Å². The Balaban J connectivity index is 2.08. The summed E-state index contributed by atoms with van der Waals surface area (Å²) in [5.41, 5.74) is -0.697. The fourth-order valence-corrected chi connectivity index (χ4v) is 3.94. The van der Waals surface area contributed by atoms with E-state index in [0.717, 1.165) is 5.56 Å². The Kier molecular flexibility index (Phi) is 11.5. The van der Waals surface area contributed by atoms with Gasteiger partial charge in [0.15, 0.2) is 0 Å². The number of unbranched alkanes of at least 4 members (excludes halogenated alkanes) is 1. The summed E-state index contributed by atoms with van der Waals surface area (Å²) in [6, 6.07) is 6.79. The Morgan fingerprint density at radius 1 is 0.919 bits per heavy atom. The fourth-order valence-electron chi connectivity index (χ4n) is 3.94. The number of rotatable bonds is 13. The Morgan fingerprint density at radius 2 is 1.46 bits per heavy atom. The fraction of sp³-hybridized carbons (Fsp3) is 0.630. The average Bonchev–Trinajstić information content (AvgIpc) is 2.87. The molecular weight excluding hydrogens is 482 g/mol.